The lowest BCUT2D eigenvalue weighted by atomic mass is 10.1. The molecule has 1 saturated heterocycles. The molecule has 2 N–H and O–H groups in total. The van der Waals surface area contributed by atoms with Gasteiger partial charge in [0.25, 0.3) is 0 Å². The highest BCUT2D eigenvalue weighted by atomic mass is 16.5. The van der Waals surface area contributed by atoms with Crippen LogP contribution in [-0.4, -0.2) is 42.2 Å². The normalized spacial score (nSPS) is 20.8. The van der Waals surface area contributed by atoms with Crippen molar-refractivity contribution in [3.8, 4) is 0 Å². The number of nitrogens with two attached hydrogens (primary N) is 1. The van der Waals surface area contributed by atoms with Gasteiger partial charge in [0.1, 0.15) is 0 Å². The van der Waals surface area contributed by atoms with E-state index < -0.39 is 0 Å². The molecule has 0 radical (unpaired) electrons. The van der Waals surface area contributed by atoms with E-state index >= 15 is 0 Å². The Hall–Kier alpha value is -1.49. The van der Waals surface area contributed by atoms with E-state index in [9.17, 15) is 0 Å². The number of benzene rings is 1. The number of nitrogens with zero attached hydrogens (tertiary/aromatic N) is 2. The molecular weight excluding hydrogens is 238 g/mol. The van der Waals surface area contributed by atoms with Crippen molar-refractivity contribution in [2.75, 3.05) is 26.2 Å². The van der Waals surface area contributed by atoms with Crippen LogP contribution in [0.25, 0.3) is 10.9 Å². The third kappa shape index (κ3) is 2.76. The van der Waals surface area contributed by atoms with Gasteiger partial charge in [-0.3, -0.25) is 9.88 Å². The van der Waals surface area contributed by atoms with Crippen LogP contribution >= 0.6 is 0 Å². The molecule has 1 aromatic carbocycles. The highest BCUT2D eigenvalue weighted by Gasteiger charge is 2.19. The first-order chi connectivity index (χ1) is 9.36. The summed E-state index contributed by atoms with van der Waals surface area (Å²) in [6, 6.07) is 10.4. The molecule has 0 amide bonds. The van der Waals surface area contributed by atoms with Crippen LogP contribution in [0.4, 0.5) is 0 Å². The maximum Gasteiger partial charge on any atom is 0.0824 e. The monoisotopic (exact) mass is 257 g/mol. The lowest BCUT2D eigenvalue weighted by Crippen LogP contribution is -2.45. The van der Waals surface area contributed by atoms with Crippen molar-refractivity contribution < 1.29 is 4.74 Å². The molecule has 0 saturated carbocycles. The van der Waals surface area contributed by atoms with E-state index in [1.807, 2.05) is 12.3 Å². The first-order valence-corrected chi connectivity index (χ1v) is 6.73. The predicted octanol–water partition coefficient (Wildman–Crippen LogP) is 1.39. The van der Waals surface area contributed by atoms with Crippen LogP contribution in [0.1, 0.15) is 5.56 Å². The number of fused-ring (bicyclic) bond motifs is 1. The van der Waals surface area contributed by atoms with Gasteiger partial charge in [-0.05, 0) is 11.6 Å². The summed E-state index contributed by atoms with van der Waals surface area (Å²) in [6.45, 7) is 4.12. The fourth-order valence-corrected chi connectivity index (χ4v) is 2.60. The van der Waals surface area contributed by atoms with Crippen LogP contribution in [0.3, 0.4) is 0 Å². The first kappa shape index (κ1) is 12.5. The van der Waals surface area contributed by atoms with E-state index in [4.69, 9.17) is 10.5 Å². The second kappa shape index (κ2) is 5.65. The van der Waals surface area contributed by atoms with Gasteiger partial charge in [-0.1, -0.05) is 24.3 Å². The molecule has 4 nitrogen and oxygen atoms in total. The van der Waals surface area contributed by atoms with Crippen LogP contribution in [0.2, 0.25) is 0 Å². The number of ether oxygens (including phenoxy) is 1. The van der Waals surface area contributed by atoms with E-state index in [0.29, 0.717) is 6.54 Å². The van der Waals surface area contributed by atoms with Gasteiger partial charge in [-0.25, -0.2) is 0 Å². The predicted molar refractivity (Wildman–Crippen MR) is 75.8 cm³/mol. The minimum absolute atomic E-state index is 0.164. The Bertz CT molecular complexity index is 553. The molecule has 4 heteroatoms. The number of rotatable bonds is 3. The van der Waals surface area contributed by atoms with E-state index in [1.54, 1.807) is 0 Å². The summed E-state index contributed by atoms with van der Waals surface area (Å²) >= 11 is 0. The maximum atomic E-state index is 5.69. The molecule has 0 aliphatic carbocycles. The number of pyridine rings is 1. The Balaban J connectivity index is 1.81. The van der Waals surface area contributed by atoms with Gasteiger partial charge in [0.2, 0.25) is 0 Å². The van der Waals surface area contributed by atoms with Gasteiger partial charge in [-0.2, -0.15) is 0 Å². The van der Waals surface area contributed by atoms with Crippen molar-refractivity contribution in [3.63, 3.8) is 0 Å². The summed E-state index contributed by atoms with van der Waals surface area (Å²) in [5, 5.41) is 1.20. The molecule has 1 fully saturated rings. The molecule has 19 heavy (non-hydrogen) atoms. The molecule has 0 bridgehead atoms. The van der Waals surface area contributed by atoms with Crippen LogP contribution in [0, 0.1) is 0 Å². The van der Waals surface area contributed by atoms with Crippen molar-refractivity contribution in [1.29, 1.82) is 0 Å². The Morgan fingerprint density at radius 2 is 2.21 bits per heavy atom. The van der Waals surface area contributed by atoms with Crippen LogP contribution < -0.4 is 5.73 Å². The van der Waals surface area contributed by atoms with Gasteiger partial charge in [0.15, 0.2) is 0 Å². The molecule has 1 aliphatic heterocycles. The average molecular weight is 257 g/mol. The van der Waals surface area contributed by atoms with Crippen molar-refractivity contribution in [2.24, 2.45) is 5.73 Å². The summed E-state index contributed by atoms with van der Waals surface area (Å²) in [5.74, 6) is 0. The third-order valence-electron chi connectivity index (χ3n) is 3.60. The number of hydrogen-bond donors (Lipinski definition) is 1. The van der Waals surface area contributed by atoms with Gasteiger partial charge < -0.3 is 10.5 Å². The molecule has 2 heterocycles. The standard InChI is InChI=1S/C15H19N3O/c16-9-14-11-18(7-8-19-14)10-13-4-1-3-12-5-2-6-17-15(12)13/h1-6,14H,7-11,16H2. The zero-order valence-electron chi connectivity index (χ0n) is 11.0. The summed E-state index contributed by atoms with van der Waals surface area (Å²) in [5.41, 5.74) is 8.06. The molecular formula is C15H19N3O. The summed E-state index contributed by atoms with van der Waals surface area (Å²) in [6.07, 6.45) is 2.02. The zero-order chi connectivity index (χ0) is 13.1. The first-order valence-electron chi connectivity index (χ1n) is 6.73. The number of aromatic nitrogens is 1. The highest BCUT2D eigenvalue weighted by molar-refractivity contribution is 5.81. The van der Waals surface area contributed by atoms with Gasteiger partial charge in [0, 0.05) is 37.8 Å². The Labute approximate surface area is 113 Å². The fraction of sp³-hybridized carbons (Fsp3) is 0.400. The van der Waals surface area contributed by atoms with Crippen molar-refractivity contribution >= 4 is 10.9 Å². The molecule has 1 aromatic heterocycles. The molecule has 100 valence electrons. The second-order valence-corrected chi connectivity index (χ2v) is 4.96. The number of hydrogen-bond acceptors (Lipinski definition) is 4. The summed E-state index contributed by atoms with van der Waals surface area (Å²) in [7, 11) is 0. The van der Waals surface area contributed by atoms with Gasteiger partial charge >= 0.3 is 0 Å². The smallest absolute Gasteiger partial charge is 0.0824 e. The van der Waals surface area contributed by atoms with Crippen LogP contribution in [0.15, 0.2) is 36.5 Å². The Morgan fingerprint density at radius 3 is 3.11 bits per heavy atom. The van der Waals surface area contributed by atoms with Crippen molar-refractivity contribution in [2.45, 2.75) is 12.6 Å². The fourth-order valence-electron chi connectivity index (χ4n) is 2.60. The SMILES string of the molecule is NCC1CN(Cc2cccc3cccnc23)CCO1. The Morgan fingerprint density at radius 1 is 1.32 bits per heavy atom. The quantitative estimate of drug-likeness (QED) is 0.903. The largest absolute Gasteiger partial charge is 0.374 e. The molecule has 1 unspecified atom stereocenters. The lowest BCUT2D eigenvalue weighted by molar-refractivity contribution is -0.0259. The lowest BCUT2D eigenvalue weighted by Gasteiger charge is -2.32. The number of morpholine rings is 1. The summed E-state index contributed by atoms with van der Waals surface area (Å²) in [4.78, 5) is 6.90. The van der Waals surface area contributed by atoms with Crippen molar-refractivity contribution in [1.82, 2.24) is 9.88 Å². The molecule has 0 spiro atoms. The minimum Gasteiger partial charge on any atom is -0.374 e. The average Bonchev–Trinajstić information content (AvgIpc) is 2.48. The zero-order valence-corrected chi connectivity index (χ0v) is 11.0. The van der Waals surface area contributed by atoms with Gasteiger partial charge in [-0.15, -0.1) is 0 Å². The summed E-state index contributed by atoms with van der Waals surface area (Å²) < 4.78 is 5.60. The molecule has 1 atom stereocenters. The Kier molecular flexibility index (Phi) is 3.73. The minimum atomic E-state index is 0.164. The molecule has 2 aromatic rings. The maximum absolute atomic E-state index is 5.69. The van der Waals surface area contributed by atoms with E-state index in [2.05, 4.69) is 34.1 Å². The highest BCUT2D eigenvalue weighted by Crippen LogP contribution is 2.18. The second-order valence-electron chi connectivity index (χ2n) is 4.96. The van der Waals surface area contributed by atoms with Crippen LogP contribution in [-0.2, 0) is 11.3 Å². The van der Waals surface area contributed by atoms with Crippen LogP contribution in [0.5, 0.6) is 0 Å². The van der Waals surface area contributed by atoms with E-state index in [1.165, 1.54) is 10.9 Å². The number of para-hydroxylation sites is 1. The van der Waals surface area contributed by atoms with E-state index in [0.717, 1.165) is 31.8 Å². The van der Waals surface area contributed by atoms with Gasteiger partial charge in [0.05, 0.1) is 18.2 Å². The topological polar surface area (TPSA) is 51.4 Å². The molecule has 3 rings (SSSR count). The van der Waals surface area contributed by atoms with Crippen molar-refractivity contribution in [3.05, 3.63) is 42.1 Å². The molecule has 1 aliphatic rings. The third-order valence-corrected chi connectivity index (χ3v) is 3.60. The van der Waals surface area contributed by atoms with E-state index in [-0.39, 0.29) is 6.10 Å².